The number of nitrogen functional groups attached to an aromatic ring is 2. The van der Waals surface area contributed by atoms with E-state index in [1.807, 2.05) is 0 Å². The molecule has 5 heteroatoms. The highest BCUT2D eigenvalue weighted by molar-refractivity contribution is 5.86. The number of rotatable bonds is 0. The Morgan fingerprint density at radius 1 is 0.941 bits per heavy atom. The Labute approximate surface area is 99.3 Å². The fourth-order valence-electron chi connectivity index (χ4n) is 2.39. The summed E-state index contributed by atoms with van der Waals surface area (Å²) in [7, 11) is 0. The van der Waals surface area contributed by atoms with Crippen molar-refractivity contribution < 1.29 is 0 Å². The largest absolute Gasteiger partial charge is 0.383 e. The molecular formula is C12H15N5. The summed E-state index contributed by atoms with van der Waals surface area (Å²) in [5.41, 5.74) is 14.5. The third-order valence-corrected chi connectivity index (χ3v) is 3.26. The van der Waals surface area contributed by atoms with Crippen LogP contribution in [-0.2, 0) is 12.8 Å². The van der Waals surface area contributed by atoms with Gasteiger partial charge < -0.3 is 11.5 Å². The smallest absolute Gasteiger partial charge is 0.224 e. The molecule has 2 heterocycles. The highest BCUT2D eigenvalue weighted by atomic mass is 15.1. The second-order valence-corrected chi connectivity index (χ2v) is 4.49. The van der Waals surface area contributed by atoms with Crippen LogP contribution in [0.5, 0.6) is 0 Å². The lowest BCUT2D eigenvalue weighted by atomic mass is 10.1. The van der Waals surface area contributed by atoms with E-state index in [4.69, 9.17) is 11.5 Å². The maximum Gasteiger partial charge on any atom is 0.224 e. The van der Waals surface area contributed by atoms with Crippen LogP contribution >= 0.6 is 0 Å². The van der Waals surface area contributed by atoms with Gasteiger partial charge in [0.1, 0.15) is 5.82 Å². The van der Waals surface area contributed by atoms with Crippen molar-refractivity contribution in [2.24, 2.45) is 0 Å². The van der Waals surface area contributed by atoms with Crippen LogP contribution in [0.4, 0.5) is 11.8 Å². The van der Waals surface area contributed by atoms with Crippen molar-refractivity contribution in [3.63, 3.8) is 0 Å². The summed E-state index contributed by atoms with van der Waals surface area (Å²) in [6.07, 6.45) is 5.77. The third kappa shape index (κ3) is 1.77. The molecule has 3 rings (SSSR count). The normalized spacial score (nSPS) is 15.5. The predicted molar refractivity (Wildman–Crippen MR) is 67.4 cm³/mol. The number of pyridine rings is 1. The van der Waals surface area contributed by atoms with Gasteiger partial charge in [0.25, 0.3) is 0 Å². The zero-order valence-electron chi connectivity index (χ0n) is 9.61. The summed E-state index contributed by atoms with van der Waals surface area (Å²) in [6, 6.07) is 2.08. The number of fused-ring (bicyclic) bond motifs is 2. The average molecular weight is 229 g/mol. The number of nitrogens with two attached hydrogens (primary N) is 2. The lowest BCUT2D eigenvalue weighted by Crippen LogP contribution is -2.04. The molecule has 0 bridgehead atoms. The van der Waals surface area contributed by atoms with Gasteiger partial charge in [0.2, 0.25) is 5.95 Å². The Morgan fingerprint density at radius 3 is 2.65 bits per heavy atom. The molecule has 2 aromatic rings. The Kier molecular flexibility index (Phi) is 2.31. The molecule has 1 aliphatic carbocycles. The predicted octanol–water partition coefficient (Wildman–Crippen LogP) is 1.46. The molecule has 0 radical (unpaired) electrons. The van der Waals surface area contributed by atoms with E-state index in [9.17, 15) is 0 Å². The van der Waals surface area contributed by atoms with Crippen molar-refractivity contribution in [1.29, 1.82) is 0 Å². The first-order valence-corrected chi connectivity index (χ1v) is 5.95. The molecule has 0 aromatic carbocycles. The molecule has 4 N–H and O–H groups in total. The maximum absolute atomic E-state index is 5.86. The zero-order valence-corrected chi connectivity index (χ0v) is 9.61. The molecule has 5 nitrogen and oxygen atoms in total. The van der Waals surface area contributed by atoms with Crippen LogP contribution in [-0.4, -0.2) is 15.0 Å². The zero-order chi connectivity index (χ0) is 11.8. The van der Waals surface area contributed by atoms with Gasteiger partial charge in [-0.2, -0.15) is 9.97 Å². The minimum Gasteiger partial charge on any atom is -0.383 e. The molecule has 88 valence electrons. The van der Waals surface area contributed by atoms with E-state index in [0.717, 1.165) is 23.9 Å². The molecule has 0 saturated carbocycles. The molecule has 0 fully saturated rings. The molecule has 17 heavy (non-hydrogen) atoms. The second-order valence-electron chi connectivity index (χ2n) is 4.49. The monoisotopic (exact) mass is 229 g/mol. The highest BCUT2D eigenvalue weighted by Gasteiger charge is 2.13. The van der Waals surface area contributed by atoms with Crippen LogP contribution in [0.2, 0.25) is 0 Å². The summed E-state index contributed by atoms with van der Waals surface area (Å²) >= 11 is 0. The lowest BCUT2D eigenvalue weighted by Gasteiger charge is -2.08. The molecule has 0 unspecified atom stereocenters. The topological polar surface area (TPSA) is 90.7 Å². The van der Waals surface area contributed by atoms with Crippen molar-refractivity contribution in [1.82, 2.24) is 15.0 Å². The number of anilines is 2. The van der Waals surface area contributed by atoms with Gasteiger partial charge in [0.05, 0.1) is 5.39 Å². The number of hydrogen-bond acceptors (Lipinski definition) is 5. The number of aryl methyl sites for hydroxylation is 2. The van der Waals surface area contributed by atoms with Gasteiger partial charge in [-0.1, -0.05) is 6.42 Å². The summed E-state index contributed by atoms with van der Waals surface area (Å²) in [5.74, 6) is 0.614. The Hall–Kier alpha value is -1.91. The molecule has 2 aromatic heterocycles. The van der Waals surface area contributed by atoms with Crippen LogP contribution in [0, 0.1) is 0 Å². The second kappa shape index (κ2) is 3.84. The molecule has 0 amide bonds. The van der Waals surface area contributed by atoms with E-state index in [-0.39, 0.29) is 5.95 Å². The van der Waals surface area contributed by atoms with Crippen LogP contribution in [0.25, 0.3) is 11.0 Å². The molecule has 0 spiro atoms. The maximum atomic E-state index is 5.86. The van der Waals surface area contributed by atoms with Crippen LogP contribution < -0.4 is 11.5 Å². The van der Waals surface area contributed by atoms with Crippen molar-refractivity contribution in [3.05, 3.63) is 17.3 Å². The highest BCUT2D eigenvalue weighted by Crippen LogP contribution is 2.25. The summed E-state index contributed by atoms with van der Waals surface area (Å²) in [5, 5.41) is 0.819. The lowest BCUT2D eigenvalue weighted by molar-refractivity contribution is 0.709. The first-order chi connectivity index (χ1) is 8.24. The van der Waals surface area contributed by atoms with E-state index < -0.39 is 0 Å². The van der Waals surface area contributed by atoms with Gasteiger partial charge >= 0.3 is 0 Å². The van der Waals surface area contributed by atoms with Gasteiger partial charge in [0, 0.05) is 5.69 Å². The van der Waals surface area contributed by atoms with Gasteiger partial charge in [-0.05, 0) is 37.3 Å². The first-order valence-electron chi connectivity index (χ1n) is 5.95. The summed E-state index contributed by atoms with van der Waals surface area (Å²) in [6.45, 7) is 0. The van der Waals surface area contributed by atoms with E-state index in [1.165, 1.54) is 24.8 Å². The molecule has 0 atom stereocenters. The van der Waals surface area contributed by atoms with Crippen molar-refractivity contribution in [2.45, 2.75) is 32.1 Å². The van der Waals surface area contributed by atoms with Crippen molar-refractivity contribution in [3.8, 4) is 0 Å². The number of hydrogen-bond donors (Lipinski definition) is 2. The van der Waals surface area contributed by atoms with Crippen LogP contribution in [0.15, 0.2) is 6.07 Å². The SMILES string of the molecule is Nc1nc(N)c2cc3c(nc2n1)CCCCC3. The summed E-state index contributed by atoms with van der Waals surface area (Å²) in [4.78, 5) is 12.7. The third-order valence-electron chi connectivity index (χ3n) is 3.26. The Balaban J connectivity index is 2.25. The minimum atomic E-state index is 0.191. The van der Waals surface area contributed by atoms with E-state index >= 15 is 0 Å². The van der Waals surface area contributed by atoms with E-state index in [2.05, 4.69) is 21.0 Å². The van der Waals surface area contributed by atoms with Crippen LogP contribution in [0.3, 0.4) is 0 Å². The Bertz CT molecular complexity index is 579. The fraction of sp³-hybridized carbons (Fsp3) is 0.417. The van der Waals surface area contributed by atoms with Crippen LogP contribution in [0.1, 0.15) is 30.5 Å². The molecular weight excluding hydrogens is 214 g/mol. The fourth-order valence-corrected chi connectivity index (χ4v) is 2.39. The van der Waals surface area contributed by atoms with Crippen molar-refractivity contribution >= 4 is 22.8 Å². The van der Waals surface area contributed by atoms with Gasteiger partial charge in [-0.15, -0.1) is 0 Å². The van der Waals surface area contributed by atoms with E-state index in [0.29, 0.717) is 11.5 Å². The van der Waals surface area contributed by atoms with Gasteiger partial charge in [-0.3, -0.25) is 0 Å². The quantitative estimate of drug-likeness (QED) is 0.667. The molecule has 0 saturated heterocycles. The van der Waals surface area contributed by atoms with Crippen molar-refractivity contribution in [2.75, 3.05) is 11.5 Å². The Morgan fingerprint density at radius 2 is 1.76 bits per heavy atom. The first kappa shape index (κ1) is 10.3. The minimum absolute atomic E-state index is 0.191. The standard InChI is InChI=1S/C12H15N5/c13-10-8-6-7-4-2-1-3-5-9(7)15-11(8)17-12(14)16-10/h6H,1-5H2,(H4,13,14,15,16,17). The number of nitrogens with zero attached hydrogens (tertiary/aromatic N) is 3. The van der Waals surface area contributed by atoms with Gasteiger partial charge in [-0.25, -0.2) is 4.98 Å². The van der Waals surface area contributed by atoms with Gasteiger partial charge in [0.15, 0.2) is 5.65 Å². The molecule has 1 aliphatic rings. The summed E-state index contributed by atoms with van der Waals surface area (Å²) < 4.78 is 0. The molecule has 0 aliphatic heterocycles. The number of aromatic nitrogens is 3. The average Bonchev–Trinajstić information content (AvgIpc) is 2.51. The van der Waals surface area contributed by atoms with E-state index in [1.54, 1.807) is 0 Å².